The lowest BCUT2D eigenvalue weighted by Crippen LogP contribution is -2.53. The van der Waals surface area contributed by atoms with E-state index < -0.39 is 28.5 Å². The van der Waals surface area contributed by atoms with E-state index in [0.29, 0.717) is 27.8 Å². The summed E-state index contributed by atoms with van der Waals surface area (Å²) in [4.78, 5) is 29.5. The monoisotopic (exact) mass is 675 g/mol. The lowest BCUT2D eigenvalue weighted by Gasteiger charge is -2.34. The van der Waals surface area contributed by atoms with Gasteiger partial charge < -0.3 is 19.7 Å². The average molecular weight is 677 g/mol. The first-order valence-corrected chi connectivity index (χ1v) is 17.0. The van der Waals surface area contributed by atoms with Crippen LogP contribution in [0.5, 0.6) is 11.5 Å². The van der Waals surface area contributed by atoms with E-state index >= 15 is 0 Å². The van der Waals surface area contributed by atoms with E-state index in [1.54, 1.807) is 42.5 Å². The third-order valence-corrected chi connectivity index (χ3v) is 10.5. The minimum absolute atomic E-state index is 0.0000193. The Morgan fingerprint density at radius 1 is 0.956 bits per heavy atom. The topological polar surface area (TPSA) is 105 Å². The molecule has 0 spiro atoms. The second kappa shape index (κ2) is 15.2. The highest BCUT2D eigenvalue weighted by atomic mass is 35.5. The van der Waals surface area contributed by atoms with Gasteiger partial charge in [-0.25, -0.2) is 8.42 Å². The largest absolute Gasteiger partial charge is 0.497 e. The summed E-state index contributed by atoms with van der Waals surface area (Å²) in [5, 5.41) is 3.76. The highest BCUT2D eigenvalue weighted by Crippen LogP contribution is 2.36. The summed E-state index contributed by atoms with van der Waals surface area (Å²) in [5.74, 6) is -0.279. The second-order valence-electron chi connectivity index (χ2n) is 11.0. The zero-order chi connectivity index (χ0) is 32.7. The average Bonchev–Trinajstić information content (AvgIpc) is 3.54. The minimum atomic E-state index is -4.30. The van der Waals surface area contributed by atoms with Gasteiger partial charge in [-0.3, -0.25) is 13.9 Å². The van der Waals surface area contributed by atoms with E-state index in [1.807, 2.05) is 13.8 Å². The van der Waals surface area contributed by atoms with Crippen LogP contribution in [-0.4, -0.2) is 58.0 Å². The van der Waals surface area contributed by atoms with Crippen molar-refractivity contribution in [3.8, 4) is 11.5 Å². The Balaban J connectivity index is 1.79. The van der Waals surface area contributed by atoms with Crippen molar-refractivity contribution in [2.45, 2.75) is 69.5 Å². The van der Waals surface area contributed by atoms with Crippen LogP contribution in [0.4, 0.5) is 5.69 Å². The number of benzene rings is 3. The maximum absolute atomic E-state index is 14.4. The fourth-order valence-electron chi connectivity index (χ4n) is 5.46. The van der Waals surface area contributed by atoms with Gasteiger partial charge in [0.25, 0.3) is 10.0 Å². The van der Waals surface area contributed by atoms with Crippen LogP contribution >= 0.6 is 23.2 Å². The molecule has 0 saturated heterocycles. The number of amides is 2. The first kappa shape index (κ1) is 34.4. The molecule has 3 aromatic carbocycles. The Hall–Kier alpha value is -3.47. The van der Waals surface area contributed by atoms with Gasteiger partial charge in [0.2, 0.25) is 11.8 Å². The van der Waals surface area contributed by atoms with Crippen LogP contribution in [0.3, 0.4) is 0 Å². The Kier molecular flexibility index (Phi) is 11.6. The number of ether oxygens (including phenoxy) is 2. The summed E-state index contributed by atoms with van der Waals surface area (Å²) in [7, 11) is -1.42. The van der Waals surface area contributed by atoms with Crippen molar-refractivity contribution in [1.82, 2.24) is 10.2 Å². The van der Waals surface area contributed by atoms with Crippen LogP contribution in [0.15, 0.2) is 65.6 Å². The number of methoxy groups -OCH3 is 2. The maximum Gasteiger partial charge on any atom is 0.264 e. The standard InChI is InChI=1S/C33H39Cl2N3O6S/c1-5-29(33(40)36-24-8-6-7-9-24)37(20-23-12-16-27(34)28(35)18-23)32(39)21-38(30-19-25(43-3)13-17-31(30)44-4)45(41,42)26-14-10-22(2)11-15-26/h10-19,24,29H,5-9,20-21H2,1-4H3,(H,36,40)/t29-/m1/s1. The van der Waals surface area contributed by atoms with Gasteiger partial charge in [-0.1, -0.05) is 66.7 Å². The van der Waals surface area contributed by atoms with Crippen LogP contribution in [0, 0.1) is 6.92 Å². The highest BCUT2D eigenvalue weighted by Gasteiger charge is 2.35. The number of carbonyl (C=O) groups excluding carboxylic acids is 2. The molecule has 45 heavy (non-hydrogen) atoms. The lowest BCUT2D eigenvalue weighted by molar-refractivity contribution is -0.140. The number of halogens is 2. The van der Waals surface area contributed by atoms with Crippen LogP contribution < -0.4 is 19.1 Å². The first-order chi connectivity index (χ1) is 21.5. The zero-order valence-electron chi connectivity index (χ0n) is 25.9. The third kappa shape index (κ3) is 8.23. The molecule has 1 fully saturated rings. The van der Waals surface area contributed by atoms with E-state index in [-0.39, 0.29) is 34.8 Å². The summed E-state index contributed by atoms with van der Waals surface area (Å²) < 4.78 is 40.5. The molecule has 1 N–H and O–H groups in total. The van der Waals surface area contributed by atoms with Crippen LogP contribution in [0.1, 0.15) is 50.2 Å². The van der Waals surface area contributed by atoms with Crippen molar-refractivity contribution in [2.75, 3.05) is 25.1 Å². The van der Waals surface area contributed by atoms with Crippen molar-refractivity contribution in [3.05, 3.63) is 81.8 Å². The van der Waals surface area contributed by atoms with E-state index in [1.165, 1.54) is 37.3 Å². The van der Waals surface area contributed by atoms with Crippen molar-refractivity contribution < 1.29 is 27.5 Å². The first-order valence-electron chi connectivity index (χ1n) is 14.8. The Bertz CT molecular complexity index is 1610. The second-order valence-corrected chi connectivity index (χ2v) is 13.7. The molecule has 242 valence electrons. The zero-order valence-corrected chi connectivity index (χ0v) is 28.2. The molecule has 0 radical (unpaired) electrons. The van der Waals surface area contributed by atoms with Gasteiger partial charge in [-0.15, -0.1) is 0 Å². The van der Waals surface area contributed by atoms with Crippen molar-refractivity contribution in [3.63, 3.8) is 0 Å². The van der Waals surface area contributed by atoms with Gasteiger partial charge in [0.05, 0.1) is 34.8 Å². The summed E-state index contributed by atoms with van der Waals surface area (Å²) in [6.07, 6.45) is 4.12. The smallest absolute Gasteiger partial charge is 0.264 e. The molecule has 1 atom stereocenters. The molecule has 3 aromatic rings. The molecule has 4 rings (SSSR count). The predicted octanol–water partition coefficient (Wildman–Crippen LogP) is 6.38. The van der Waals surface area contributed by atoms with Crippen molar-refractivity contribution in [2.24, 2.45) is 0 Å². The van der Waals surface area contributed by atoms with Crippen molar-refractivity contribution in [1.29, 1.82) is 0 Å². The van der Waals surface area contributed by atoms with Crippen LogP contribution in [-0.2, 0) is 26.2 Å². The Morgan fingerprint density at radius 2 is 1.64 bits per heavy atom. The van der Waals surface area contributed by atoms with E-state index in [0.717, 1.165) is 35.6 Å². The molecule has 1 aliphatic rings. The van der Waals surface area contributed by atoms with Gasteiger partial charge in [0.15, 0.2) is 0 Å². The fourth-order valence-corrected chi connectivity index (χ4v) is 7.20. The lowest BCUT2D eigenvalue weighted by atomic mass is 10.1. The van der Waals surface area contributed by atoms with Gasteiger partial charge in [-0.2, -0.15) is 0 Å². The number of nitrogens with zero attached hydrogens (tertiary/aromatic N) is 2. The van der Waals surface area contributed by atoms with Gasteiger partial charge >= 0.3 is 0 Å². The molecule has 9 nitrogen and oxygen atoms in total. The fraction of sp³-hybridized carbons (Fsp3) is 0.394. The molecular formula is C33H39Cl2N3O6S. The number of sulfonamides is 1. The van der Waals surface area contributed by atoms with Gasteiger partial charge in [-0.05, 0) is 68.1 Å². The van der Waals surface area contributed by atoms with Crippen LogP contribution in [0.25, 0.3) is 0 Å². The molecule has 0 aromatic heterocycles. The SMILES string of the molecule is CC[C@H](C(=O)NC1CCCC1)N(Cc1ccc(Cl)c(Cl)c1)C(=O)CN(c1cc(OC)ccc1OC)S(=O)(=O)c1ccc(C)cc1. The molecule has 0 bridgehead atoms. The number of nitrogens with one attached hydrogen (secondary N) is 1. The summed E-state index contributed by atoms with van der Waals surface area (Å²) in [5.41, 5.74) is 1.63. The summed E-state index contributed by atoms with van der Waals surface area (Å²) in [6.45, 7) is 3.05. The number of aryl methyl sites for hydroxylation is 1. The molecule has 0 heterocycles. The van der Waals surface area contributed by atoms with E-state index in [9.17, 15) is 18.0 Å². The molecule has 2 amide bonds. The highest BCUT2D eigenvalue weighted by molar-refractivity contribution is 7.92. The number of hydrogen-bond acceptors (Lipinski definition) is 6. The molecule has 0 aliphatic heterocycles. The maximum atomic E-state index is 14.4. The van der Waals surface area contributed by atoms with Crippen LogP contribution in [0.2, 0.25) is 10.0 Å². The quantitative estimate of drug-likeness (QED) is 0.225. The molecule has 1 saturated carbocycles. The summed E-state index contributed by atoms with van der Waals surface area (Å²) in [6, 6.07) is 15.2. The normalized spacial score (nSPS) is 14.1. The predicted molar refractivity (Wildman–Crippen MR) is 177 cm³/mol. The summed E-state index contributed by atoms with van der Waals surface area (Å²) >= 11 is 12.5. The third-order valence-electron chi connectivity index (χ3n) is 7.97. The van der Waals surface area contributed by atoms with Gasteiger partial charge in [0, 0.05) is 18.7 Å². The number of rotatable bonds is 13. The molecular weight excluding hydrogens is 637 g/mol. The van der Waals surface area contributed by atoms with Crippen molar-refractivity contribution >= 4 is 50.7 Å². The van der Waals surface area contributed by atoms with E-state index in [4.69, 9.17) is 32.7 Å². The Morgan fingerprint density at radius 3 is 2.24 bits per heavy atom. The Labute approximate surface area is 275 Å². The molecule has 1 aliphatic carbocycles. The van der Waals surface area contributed by atoms with E-state index in [2.05, 4.69) is 5.32 Å². The number of anilines is 1. The molecule has 0 unspecified atom stereocenters. The number of hydrogen-bond donors (Lipinski definition) is 1. The minimum Gasteiger partial charge on any atom is -0.497 e. The van der Waals surface area contributed by atoms with Gasteiger partial charge in [0.1, 0.15) is 24.1 Å². The molecule has 12 heteroatoms. The number of carbonyl (C=O) groups is 2.